The summed E-state index contributed by atoms with van der Waals surface area (Å²) < 4.78 is 0. The molecule has 37 heteroatoms. The van der Waals surface area contributed by atoms with Gasteiger partial charge in [-0.25, -0.2) is 19.9 Å². The zero-order valence-corrected chi connectivity index (χ0v) is 81.6. The van der Waals surface area contributed by atoms with Crippen molar-refractivity contribution in [3.05, 3.63) is 213 Å². The standard InChI is InChI=1S/C29H31N7O2.C28H29N7O2.C27H27N7O2.C25H25N9O/c1-16(2)9-26(38)32-20-10-19(12-30-13-20)18-5-8-24-22(11-18)28(36-35-24)29-33-25-15-31-14-23(27(25)34-29)17-3-6-21(37)7-4-17;1-15(2)28(37)31-19-9-18(11-29-12-19)17-5-8-23-21(10-17)26(35-34-23)27-32-24-14-30-13-22(25(24)33-27)16-3-6-20(36)7-4-16;1-2-24(36)30-18-9-17(11-28-12-18)16-5-8-22-20(10-16)26(34-33-22)27-31-23-14-29-13-21(25(23)32-27)15-3-6-19(35)7-4-15;1-2-22(35)29-17-9-16(11-27-12-17)15-3-4-19-18(10-15)23(33-32-19)25-30-20-13-28-14-21(24(20)31-25)34-7-5-26-6-8-34/h5,8,10-17,21,37H,3-4,6-7,9H2,1-2H3,(H,32,38)(H,33,34)(H,35,36);5,8-16,20,36H,3-4,6-7H2,1-2H3,(H,31,37)(H,32,33)(H,34,35);5,8-15,19,35H,2-4,6-7H2,1H3,(H,30,36)(H,31,32)(H,33,34);3-4,9-14,26H,2,5-8H2,1H3,(H,29,35)(H,30,31)(H,32,33). The summed E-state index contributed by atoms with van der Waals surface area (Å²) in [6.07, 6.45) is 39.7. The Kier molecular flexibility index (Phi) is 27.6. The van der Waals surface area contributed by atoms with Crippen molar-refractivity contribution in [1.82, 2.24) is 126 Å². The Balaban J connectivity index is 0.000000114. The minimum Gasteiger partial charge on any atom is -0.393 e. The van der Waals surface area contributed by atoms with Gasteiger partial charge in [0.15, 0.2) is 23.3 Å². The van der Waals surface area contributed by atoms with Gasteiger partial charge in [-0.15, -0.1) is 0 Å². The van der Waals surface area contributed by atoms with Crippen molar-refractivity contribution in [3.8, 4) is 90.6 Å². The van der Waals surface area contributed by atoms with Crippen LogP contribution in [0.5, 0.6) is 0 Å². The largest absolute Gasteiger partial charge is 0.393 e. The summed E-state index contributed by atoms with van der Waals surface area (Å²) in [6.45, 7) is 15.1. The summed E-state index contributed by atoms with van der Waals surface area (Å²) in [7, 11) is 0. The van der Waals surface area contributed by atoms with Crippen molar-refractivity contribution in [2.45, 2.75) is 174 Å². The number of fused-ring (bicyclic) bond motifs is 8. The highest BCUT2D eigenvalue weighted by Gasteiger charge is 2.31. The van der Waals surface area contributed by atoms with Crippen LogP contribution >= 0.6 is 0 Å². The van der Waals surface area contributed by atoms with Crippen LogP contribution in [0.1, 0.15) is 172 Å². The van der Waals surface area contributed by atoms with Crippen LogP contribution in [0.15, 0.2) is 196 Å². The molecule has 16 aromatic heterocycles. The van der Waals surface area contributed by atoms with Crippen molar-refractivity contribution >= 4 is 140 Å². The molecule has 0 unspecified atom stereocenters. The average Bonchev–Trinajstić information content (AvgIpc) is 1.62. The first-order chi connectivity index (χ1) is 71.2. The molecule has 3 saturated carbocycles. The predicted octanol–water partition coefficient (Wildman–Crippen LogP) is 19.0. The maximum atomic E-state index is 12.2. The van der Waals surface area contributed by atoms with E-state index in [-0.39, 0.29) is 53.8 Å². The first-order valence-electron chi connectivity index (χ1n) is 50.0. The van der Waals surface area contributed by atoms with E-state index in [1.807, 2.05) is 139 Å². The number of nitrogens with zero attached hydrogens (tertiary/aromatic N) is 17. The molecular formula is C109H112N30O7. The molecule has 0 atom stereocenters. The zero-order valence-electron chi connectivity index (χ0n) is 81.6. The summed E-state index contributed by atoms with van der Waals surface area (Å²) in [5, 5.41) is 79.3. The number of amides is 4. The molecule has 4 aliphatic rings. The van der Waals surface area contributed by atoms with E-state index in [9.17, 15) is 34.5 Å². The molecule has 1 aliphatic heterocycles. The van der Waals surface area contributed by atoms with Gasteiger partial charge in [-0.3, -0.25) is 79.4 Å². The Bertz CT molecular complexity index is 8200. The first kappa shape index (κ1) is 95.5. The Labute approximate surface area is 837 Å². The number of aliphatic hydroxyl groups excluding tert-OH is 3. The van der Waals surface area contributed by atoms with Crippen molar-refractivity contribution in [3.63, 3.8) is 0 Å². The third kappa shape index (κ3) is 20.7. The minimum absolute atomic E-state index is 0.0188. The summed E-state index contributed by atoms with van der Waals surface area (Å²) in [5.41, 5.74) is 28.2. The van der Waals surface area contributed by atoms with Crippen LogP contribution in [0, 0.1) is 11.8 Å². The maximum Gasteiger partial charge on any atom is 0.226 e. The van der Waals surface area contributed by atoms with Crippen LogP contribution in [-0.2, 0) is 19.2 Å². The van der Waals surface area contributed by atoms with E-state index >= 15 is 0 Å². The smallest absolute Gasteiger partial charge is 0.226 e. The van der Waals surface area contributed by atoms with E-state index in [0.717, 1.165) is 281 Å². The molecule has 24 rings (SSSR count). The number of pyridine rings is 8. The fourth-order valence-corrected chi connectivity index (χ4v) is 20.0. The number of anilines is 5. The molecule has 17 heterocycles. The fourth-order valence-electron chi connectivity index (χ4n) is 20.0. The highest BCUT2D eigenvalue weighted by molar-refractivity contribution is 6.03. The monoisotopic (exact) mass is 1950 g/mol. The van der Waals surface area contributed by atoms with Gasteiger partial charge in [0.2, 0.25) is 23.6 Å². The first-order valence-corrected chi connectivity index (χ1v) is 50.0. The number of imidazole rings is 4. The van der Waals surface area contributed by atoms with Crippen LogP contribution in [0.25, 0.3) is 178 Å². The Morgan fingerprint density at radius 2 is 0.630 bits per heavy atom. The second-order valence-corrected chi connectivity index (χ2v) is 38.8. The van der Waals surface area contributed by atoms with Gasteiger partial charge in [-0.2, -0.15) is 20.4 Å². The fraction of sp³-hybridized carbons (Fsp3) is 0.303. The van der Waals surface area contributed by atoms with E-state index < -0.39 is 0 Å². The number of hydrogen-bond acceptors (Lipinski definition) is 25. The number of aliphatic hydroxyl groups is 3. The van der Waals surface area contributed by atoms with Gasteiger partial charge in [0.1, 0.15) is 28.3 Å². The molecule has 4 fully saturated rings. The second kappa shape index (κ2) is 42.1. The maximum absolute atomic E-state index is 12.2. The highest BCUT2D eigenvalue weighted by Crippen LogP contribution is 2.44. The molecule has 740 valence electrons. The second-order valence-electron chi connectivity index (χ2n) is 38.8. The lowest BCUT2D eigenvalue weighted by atomic mass is 9.83. The number of aromatic nitrogens is 24. The number of piperazine rings is 1. The SMILES string of the molecule is CC(C)C(=O)Nc1cncc(-c2ccc3[nH]nc(-c4nc5c(C6CCC(O)CC6)cncc5[nH]4)c3c2)c1.CC(C)CC(=O)Nc1cncc(-c2ccc3[nH]nc(-c4nc5c(C6CCC(O)CC6)cncc5[nH]4)c3c2)c1.CCC(=O)Nc1cncc(-c2ccc3[nH]nc(-c4nc5c(C6CCC(O)CC6)cncc5[nH]4)c3c2)c1.CCC(=O)Nc1cncc(-c2ccc3[nH]nc(-c4nc5c(N6CCNCC6)cncc5[nH]4)c3c2)c1. The van der Waals surface area contributed by atoms with Gasteiger partial charge >= 0.3 is 0 Å². The molecule has 0 radical (unpaired) electrons. The number of carbonyl (C=O) groups is 4. The normalized spacial score (nSPS) is 17.0. The van der Waals surface area contributed by atoms with Crippen LogP contribution in [0.2, 0.25) is 0 Å². The molecule has 16 N–H and O–H groups in total. The Hall–Kier alpha value is -16.6. The van der Waals surface area contributed by atoms with Crippen LogP contribution in [0.3, 0.4) is 0 Å². The van der Waals surface area contributed by atoms with Crippen molar-refractivity contribution in [1.29, 1.82) is 0 Å². The van der Waals surface area contributed by atoms with Crippen LogP contribution in [0.4, 0.5) is 28.4 Å². The Morgan fingerprint density at radius 1 is 0.336 bits per heavy atom. The molecule has 20 aromatic rings. The summed E-state index contributed by atoms with van der Waals surface area (Å²) in [5.74, 6) is 3.77. The summed E-state index contributed by atoms with van der Waals surface area (Å²) in [4.78, 5) is 119. The molecule has 1 saturated heterocycles. The van der Waals surface area contributed by atoms with E-state index in [2.05, 4.69) is 156 Å². The molecular weight excluding hydrogens is 1840 g/mol. The topological polar surface area (TPSA) is 525 Å². The molecule has 146 heavy (non-hydrogen) atoms. The van der Waals surface area contributed by atoms with Gasteiger partial charge in [0.25, 0.3) is 0 Å². The van der Waals surface area contributed by atoms with E-state index in [1.54, 1.807) is 74.4 Å². The van der Waals surface area contributed by atoms with Gasteiger partial charge < -0.3 is 66.7 Å². The lowest BCUT2D eigenvalue weighted by Gasteiger charge is -2.29. The number of aromatic amines is 8. The van der Waals surface area contributed by atoms with Crippen molar-refractivity contribution in [2.24, 2.45) is 11.8 Å². The summed E-state index contributed by atoms with van der Waals surface area (Å²) in [6, 6.07) is 32.0. The van der Waals surface area contributed by atoms with Crippen LogP contribution < -0.4 is 31.5 Å². The molecule has 37 nitrogen and oxygen atoms in total. The van der Waals surface area contributed by atoms with Gasteiger partial charge in [-0.1, -0.05) is 65.8 Å². The average molecular weight is 1950 g/mol. The number of benzene rings is 4. The van der Waals surface area contributed by atoms with Crippen molar-refractivity contribution in [2.75, 3.05) is 52.3 Å². The van der Waals surface area contributed by atoms with Crippen LogP contribution in [-0.4, -0.2) is 204 Å². The van der Waals surface area contributed by atoms with E-state index in [0.29, 0.717) is 83.1 Å². The van der Waals surface area contributed by atoms with E-state index in [4.69, 9.17) is 19.9 Å². The minimum atomic E-state index is -0.204. The molecule has 4 amide bonds. The van der Waals surface area contributed by atoms with Gasteiger partial charge in [0, 0.05) is 155 Å². The molecule has 0 bridgehead atoms. The molecule has 0 spiro atoms. The number of H-pyrrole nitrogens is 8. The number of rotatable bonds is 21. The molecule has 4 aromatic carbocycles. The summed E-state index contributed by atoms with van der Waals surface area (Å²) >= 11 is 0. The number of carbonyl (C=O) groups excluding carboxylic acids is 4. The Morgan fingerprint density at radius 3 is 0.945 bits per heavy atom. The van der Waals surface area contributed by atoms with E-state index in [1.165, 1.54) is 0 Å². The number of nitrogens with one attached hydrogen (secondary N) is 13. The lowest BCUT2D eigenvalue weighted by Crippen LogP contribution is -2.43. The quantitative estimate of drug-likeness (QED) is 0.0318. The zero-order chi connectivity index (χ0) is 100. The third-order valence-electron chi connectivity index (χ3n) is 27.8. The van der Waals surface area contributed by atoms with Gasteiger partial charge in [-0.05, 0) is 196 Å². The van der Waals surface area contributed by atoms with Gasteiger partial charge in [0.05, 0.1) is 163 Å². The molecule has 3 aliphatic carbocycles. The lowest BCUT2D eigenvalue weighted by molar-refractivity contribution is -0.119. The highest BCUT2D eigenvalue weighted by atomic mass is 16.3. The predicted molar refractivity (Wildman–Crippen MR) is 565 cm³/mol. The van der Waals surface area contributed by atoms with Crippen molar-refractivity contribution < 1.29 is 34.5 Å². The third-order valence-corrected chi connectivity index (χ3v) is 27.8. The number of hydrogen-bond donors (Lipinski definition) is 16.